The summed E-state index contributed by atoms with van der Waals surface area (Å²) < 4.78 is 0. The molecule has 2 aliphatic rings. The molecule has 2 aromatic heterocycles. The highest BCUT2D eigenvalue weighted by Gasteiger charge is 2.29. The van der Waals surface area contributed by atoms with Crippen molar-refractivity contribution < 1.29 is 0 Å². The van der Waals surface area contributed by atoms with Gasteiger partial charge in [0.25, 0.3) is 0 Å². The fourth-order valence-corrected chi connectivity index (χ4v) is 4.27. The SMILES string of the molecule is c1cnc(Nc2cccc([C@H]3CCCN3CC3CCCCC3)n2)nc1. The van der Waals surface area contributed by atoms with Crippen molar-refractivity contribution in [3.63, 3.8) is 0 Å². The van der Waals surface area contributed by atoms with Gasteiger partial charge in [-0.05, 0) is 56.3 Å². The average molecular weight is 337 g/mol. The molecular weight excluding hydrogens is 310 g/mol. The van der Waals surface area contributed by atoms with Crippen LogP contribution in [0.1, 0.15) is 56.7 Å². The third-order valence-electron chi connectivity index (χ3n) is 5.50. The van der Waals surface area contributed by atoms with Gasteiger partial charge in [0.2, 0.25) is 5.95 Å². The van der Waals surface area contributed by atoms with E-state index in [4.69, 9.17) is 4.98 Å². The number of hydrogen-bond donors (Lipinski definition) is 1. The molecule has 0 aromatic carbocycles. The van der Waals surface area contributed by atoms with Crippen LogP contribution in [0.25, 0.3) is 0 Å². The quantitative estimate of drug-likeness (QED) is 0.880. The third-order valence-corrected chi connectivity index (χ3v) is 5.50. The van der Waals surface area contributed by atoms with Crippen LogP contribution < -0.4 is 5.32 Å². The second kappa shape index (κ2) is 7.91. The zero-order valence-corrected chi connectivity index (χ0v) is 14.8. The van der Waals surface area contributed by atoms with E-state index in [1.165, 1.54) is 63.7 Å². The normalized spacial score (nSPS) is 22.2. The summed E-state index contributed by atoms with van der Waals surface area (Å²) in [6.07, 6.45) is 13.0. The van der Waals surface area contributed by atoms with E-state index >= 15 is 0 Å². The van der Waals surface area contributed by atoms with E-state index in [0.717, 1.165) is 11.7 Å². The van der Waals surface area contributed by atoms with E-state index in [1.807, 2.05) is 12.1 Å². The second-order valence-electron chi connectivity index (χ2n) is 7.30. The Labute approximate surface area is 149 Å². The standard InChI is InChI=1S/C20H27N5/c1-2-7-16(8-3-1)15-25-14-5-10-18(25)17-9-4-11-19(23-17)24-20-21-12-6-13-22-20/h4,6,9,11-13,16,18H,1-3,5,7-8,10,14-15H2,(H,21,22,23,24)/t18-/m1/s1. The van der Waals surface area contributed by atoms with Crippen molar-refractivity contribution in [2.45, 2.75) is 51.0 Å². The zero-order valence-electron chi connectivity index (χ0n) is 14.8. The molecule has 132 valence electrons. The Morgan fingerprint density at radius 1 is 0.960 bits per heavy atom. The van der Waals surface area contributed by atoms with Gasteiger partial charge < -0.3 is 5.32 Å². The highest BCUT2D eigenvalue weighted by Crippen LogP contribution is 2.34. The van der Waals surface area contributed by atoms with Crippen LogP contribution >= 0.6 is 0 Å². The largest absolute Gasteiger partial charge is 0.309 e. The average Bonchev–Trinajstić information content (AvgIpc) is 3.12. The first-order chi connectivity index (χ1) is 12.4. The maximum atomic E-state index is 4.86. The van der Waals surface area contributed by atoms with E-state index < -0.39 is 0 Å². The van der Waals surface area contributed by atoms with Gasteiger partial charge in [-0.3, -0.25) is 4.90 Å². The Kier molecular flexibility index (Phi) is 5.21. The van der Waals surface area contributed by atoms with Gasteiger partial charge in [-0.1, -0.05) is 25.3 Å². The van der Waals surface area contributed by atoms with Crippen molar-refractivity contribution in [2.24, 2.45) is 5.92 Å². The van der Waals surface area contributed by atoms with Crippen LogP contribution in [0.15, 0.2) is 36.7 Å². The summed E-state index contributed by atoms with van der Waals surface area (Å²) in [6, 6.07) is 8.52. The van der Waals surface area contributed by atoms with Crippen LogP contribution in [0.3, 0.4) is 0 Å². The van der Waals surface area contributed by atoms with Crippen molar-refractivity contribution >= 4 is 11.8 Å². The smallest absolute Gasteiger partial charge is 0.228 e. The molecule has 0 radical (unpaired) electrons. The summed E-state index contributed by atoms with van der Waals surface area (Å²) >= 11 is 0. The molecule has 2 aromatic rings. The van der Waals surface area contributed by atoms with Crippen LogP contribution in [0, 0.1) is 5.92 Å². The third kappa shape index (κ3) is 4.15. The molecule has 5 nitrogen and oxygen atoms in total. The van der Waals surface area contributed by atoms with Crippen molar-refractivity contribution in [2.75, 3.05) is 18.4 Å². The van der Waals surface area contributed by atoms with Crippen LogP contribution in [0.5, 0.6) is 0 Å². The molecule has 0 spiro atoms. The lowest BCUT2D eigenvalue weighted by Crippen LogP contribution is -2.30. The lowest BCUT2D eigenvalue weighted by atomic mass is 9.88. The number of hydrogen-bond acceptors (Lipinski definition) is 5. The van der Waals surface area contributed by atoms with Gasteiger partial charge >= 0.3 is 0 Å². The molecular formula is C20H27N5. The predicted molar refractivity (Wildman–Crippen MR) is 99.7 cm³/mol. The first-order valence-corrected chi connectivity index (χ1v) is 9.63. The van der Waals surface area contributed by atoms with Crippen LogP contribution in [-0.2, 0) is 0 Å². The van der Waals surface area contributed by atoms with Crippen molar-refractivity contribution in [1.82, 2.24) is 19.9 Å². The Hall–Kier alpha value is -2.01. The molecule has 1 aliphatic heterocycles. The predicted octanol–water partition coefficient (Wildman–Crippen LogP) is 4.33. The van der Waals surface area contributed by atoms with Crippen molar-refractivity contribution in [1.29, 1.82) is 0 Å². The number of rotatable bonds is 5. The number of aromatic nitrogens is 3. The first-order valence-electron chi connectivity index (χ1n) is 9.63. The maximum absolute atomic E-state index is 4.86. The zero-order chi connectivity index (χ0) is 16.9. The van der Waals surface area contributed by atoms with E-state index in [9.17, 15) is 0 Å². The number of pyridine rings is 1. The highest BCUT2D eigenvalue weighted by molar-refractivity contribution is 5.47. The molecule has 3 heterocycles. The Morgan fingerprint density at radius 2 is 1.80 bits per heavy atom. The molecule has 5 heteroatoms. The highest BCUT2D eigenvalue weighted by atomic mass is 15.2. The van der Waals surface area contributed by atoms with Crippen LogP contribution in [0.2, 0.25) is 0 Å². The fourth-order valence-electron chi connectivity index (χ4n) is 4.27. The molecule has 0 bridgehead atoms. The summed E-state index contributed by atoms with van der Waals surface area (Å²) in [4.78, 5) is 16.0. The van der Waals surface area contributed by atoms with Gasteiger partial charge in [0.05, 0.1) is 11.7 Å². The fraction of sp³-hybridized carbons (Fsp3) is 0.550. The van der Waals surface area contributed by atoms with Crippen molar-refractivity contribution in [3.8, 4) is 0 Å². The van der Waals surface area contributed by atoms with E-state index in [1.54, 1.807) is 12.4 Å². The minimum absolute atomic E-state index is 0.459. The van der Waals surface area contributed by atoms with Gasteiger partial charge in [-0.15, -0.1) is 0 Å². The molecule has 1 saturated carbocycles. The molecule has 1 N–H and O–H groups in total. The second-order valence-corrected chi connectivity index (χ2v) is 7.30. The summed E-state index contributed by atoms with van der Waals surface area (Å²) in [6.45, 7) is 2.45. The summed E-state index contributed by atoms with van der Waals surface area (Å²) in [5.41, 5.74) is 1.18. The van der Waals surface area contributed by atoms with Crippen molar-refractivity contribution in [3.05, 3.63) is 42.4 Å². The lowest BCUT2D eigenvalue weighted by molar-refractivity contribution is 0.186. The minimum Gasteiger partial charge on any atom is -0.309 e. The summed E-state index contributed by atoms with van der Waals surface area (Å²) in [5, 5.41) is 3.21. The Morgan fingerprint density at radius 3 is 2.64 bits per heavy atom. The van der Waals surface area contributed by atoms with Gasteiger partial charge in [0.1, 0.15) is 5.82 Å². The molecule has 0 unspecified atom stereocenters. The molecule has 1 atom stereocenters. The molecule has 25 heavy (non-hydrogen) atoms. The number of nitrogens with one attached hydrogen (secondary N) is 1. The molecule has 0 amide bonds. The monoisotopic (exact) mass is 337 g/mol. The molecule has 1 saturated heterocycles. The molecule has 2 fully saturated rings. The van der Waals surface area contributed by atoms with Gasteiger partial charge in [-0.25, -0.2) is 15.0 Å². The molecule has 4 rings (SSSR count). The van der Waals surface area contributed by atoms with Gasteiger partial charge in [0.15, 0.2) is 0 Å². The Balaban J connectivity index is 1.45. The van der Waals surface area contributed by atoms with Gasteiger partial charge in [0, 0.05) is 18.9 Å². The van der Waals surface area contributed by atoms with E-state index in [2.05, 4.69) is 32.3 Å². The lowest BCUT2D eigenvalue weighted by Gasteiger charge is -2.30. The Bertz CT molecular complexity index is 669. The van der Waals surface area contributed by atoms with Gasteiger partial charge in [-0.2, -0.15) is 0 Å². The van der Waals surface area contributed by atoms with E-state index in [-0.39, 0.29) is 0 Å². The number of anilines is 2. The molecule has 1 aliphatic carbocycles. The van der Waals surface area contributed by atoms with Crippen LogP contribution in [-0.4, -0.2) is 32.9 Å². The first kappa shape index (κ1) is 16.5. The summed E-state index contributed by atoms with van der Waals surface area (Å²) in [7, 11) is 0. The minimum atomic E-state index is 0.459. The maximum Gasteiger partial charge on any atom is 0.228 e. The number of likely N-dealkylation sites (tertiary alicyclic amines) is 1. The van der Waals surface area contributed by atoms with E-state index in [0.29, 0.717) is 12.0 Å². The topological polar surface area (TPSA) is 53.9 Å². The number of nitrogens with zero attached hydrogens (tertiary/aromatic N) is 4. The summed E-state index contributed by atoms with van der Waals surface area (Å²) in [5.74, 6) is 2.30. The van der Waals surface area contributed by atoms with Crippen LogP contribution in [0.4, 0.5) is 11.8 Å².